The standard InChI is InChI=1S/C29H31N5O3/c1-29(22-15-14-19-10-7-11-21(19)16-22)27(36)33(28(37)31-29)18-26(35)30-25-17-24(20-8-5-6-9-20)32-34(25)23-12-3-2-4-13-23/h2-4,12-17,20H,5-11,18H2,1H3,(H,30,35)(H,31,37). The first-order chi connectivity index (χ1) is 17.9. The minimum absolute atomic E-state index is 0.371. The smallest absolute Gasteiger partial charge is 0.319 e. The largest absolute Gasteiger partial charge is 0.325 e. The normalized spacial score (nSPS) is 21.4. The van der Waals surface area contributed by atoms with Gasteiger partial charge in [-0.3, -0.25) is 14.5 Å². The number of nitrogens with one attached hydrogen (secondary N) is 2. The van der Waals surface area contributed by atoms with Crippen LogP contribution in [0, 0.1) is 0 Å². The summed E-state index contributed by atoms with van der Waals surface area (Å²) in [7, 11) is 0. The Morgan fingerprint density at radius 2 is 1.78 bits per heavy atom. The molecule has 2 heterocycles. The Balaban J connectivity index is 1.22. The van der Waals surface area contributed by atoms with E-state index >= 15 is 0 Å². The Morgan fingerprint density at radius 1 is 1.03 bits per heavy atom. The van der Waals surface area contributed by atoms with Crippen molar-refractivity contribution in [1.29, 1.82) is 0 Å². The maximum atomic E-state index is 13.4. The first-order valence-corrected chi connectivity index (χ1v) is 13.1. The number of para-hydroxylation sites is 1. The SMILES string of the molecule is CC1(c2ccc3c(c2)CCC3)NC(=O)N(CC(=O)Nc2cc(C3CCCC3)nn2-c2ccccc2)C1=O. The second kappa shape index (κ2) is 9.18. The van der Waals surface area contributed by atoms with Crippen molar-refractivity contribution in [3.8, 4) is 5.69 Å². The molecule has 0 spiro atoms. The number of hydrogen-bond donors (Lipinski definition) is 2. The number of aromatic nitrogens is 2. The number of hydrogen-bond acceptors (Lipinski definition) is 4. The molecule has 1 saturated heterocycles. The molecule has 2 aromatic carbocycles. The maximum absolute atomic E-state index is 13.4. The maximum Gasteiger partial charge on any atom is 0.325 e. The van der Waals surface area contributed by atoms with Crippen LogP contribution in [0.15, 0.2) is 54.6 Å². The molecule has 8 heteroatoms. The van der Waals surface area contributed by atoms with Crippen molar-refractivity contribution in [1.82, 2.24) is 20.0 Å². The van der Waals surface area contributed by atoms with Crippen LogP contribution in [-0.2, 0) is 28.0 Å². The number of carbonyl (C=O) groups excluding carboxylic acids is 3. The number of rotatable bonds is 6. The molecule has 1 unspecified atom stereocenters. The summed E-state index contributed by atoms with van der Waals surface area (Å²) >= 11 is 0. The zero-order valence-corrected chi connectivity index (χ0v) is 21.0. The zero-order valence-electron chi connectivity index (χ0n) is 21.0. The highest BCUT2D eigenvalue weighted by atomic mass is 16.2. The van der Waals surface area contributed by atoms with E-state index in [1.165, 1.54) is 24.0 Å². The molecule has 3 aliphatic rings. The molecule has 1 saturated carbocycles. The molecule has 1 atom stereocenters. The summed E-state index contributed by atoms with van der Waals surface area (Å²) in [5.74, 6) is 0.0386. The van der Waals surface area contributed by atoms with Crippen LogP contribution in [0.1, 0.15) is 67.3 Å². The van der Waals surface area contributed by atoms with Crippen LogP contribution >= 0.6 is 0 Å². The summed E-state index contributed by atoms with van der Waals surface area (Å²) in [4.78, 5) is 40.4. The lowest BCUT2D eigenvalue weighted by atomic mass is 9.89. The molecule has 8 nitrogen and oxygen atoms in total. The van der Waals surface area contributed by atoms with Crippen molar-refractivity contribution < 1.29 is 14.4 Å². The van der Waals surface area contributed by atoms with Gasteiger partial charge < -0.3 is 10.6 Å². The quantitative estimate of drug-likeness (QED) is 0.493. The van der Waals surface area contributed by atoms with Crippen LogP contribution in [0.25, 0.3) is 5.69 Å². The van der Waals surface area contributed by atoms with Crippen LogP contribution in [0.4, 0.5) is 10.6 Å². The Hall–Kier alpha value is -3.94. The number of fused-ring (bicyclic) bond motifs is 1. The second-order valence-electron chi connectivity index (χ2n) is 10.5. The van der Waals surface area contributed by atoms with E-state index in [2.05, 4.69) is 10.6 Å². The van der Waals surface area contributed by atoms with E-state index in [1.54, 1.807) is 11.6 Å². The lowest BCUT2D eigenvalue weighted by molar-refractivity contribution is -0.133. The van der Waals surface area contributed by atoms with Crippen LogP contribution in [0.5, 0.6) is 0 Å². The minimum Gasteiger partial charge on any atom is -0.319 e. The van der Waals surface area contributed by atoms with E-state index < -0.39 is 23.4 Å². The van der Waals surface area contributed by atoms with Gasteiger partial charge in [0.15, 0.2) is 0 Å². The van der Waals surface area contributed by atoms with Gasteiger partial charge in [0, 0.05) is 12.0 Å². The first-order valence-electron chi connectivity index (χ1n) is 13.1. The Morgan fingerprint density at radius 3 is 2.57 bits per heavy atom. The van der Waals surface area contributed by atoms with E-state index in [9.17, 15) is 14.4 Å². The van der Waals surface area contributed by atoms with Gasteiger partial charge in [-0.05, 0) is 67.9 Å². The van der Waals surface area contributed by atoms with E-state index in [0.29, 0.717) is 11.7 Å². The molecule has 2 aliphatic carbocycles. The van der Waals surface area contributed by atoms with Gasteiger partial charge in [0.05, 0.1) is 11.4 Å². The summed E-state index contributed by atoms with van der Waals surface area (Å²) in [5.41, 5.74) is 3.86. The zero-order chi connectivity index (χ0) is 25.6. The molecule has 3 aromatic rings. The Bertz CT molecular complexity index is 1380. The number of imide groups is 1. The molecule has 1 aliphatic heterocycles. The average Bonchev–Trinajstić information content (AvgIpc) is 3.69. The third-order valence-corrected chi connectivity index (χ3v) is 8.02. The van der Waals surface area contributed by atoms with Crippen molar-refractivity contribution >= 4 is 23.7 Å². The summed E-state index contributed by atoms with van der Waals surface area (Å²) in [5, 5.41) is 10.5. The molecule has 4 amide bonds. The monoisotopic (exact) mass is 497 g/mol. The third kappa shape index (κ3) is 4.20. The lowest BCUT2D eigenvalue weighted by Gasteiger charge is -2.23. The number of anilines is 1. The molecule has 6 rings (SSSR count). The summed E-state index contributed by atoms with van der Waals surface area (Å²) in [6.07, 6.45) is 7.65. The number of benzene rings is 2. The molecule has 2 fully saturated rings. The average molecular weight is 498 g/mol. The van der Waals surface area contributed by atoms with Crippen molar-refractivity contribution in [2.24, 2.45) is 0 Å². The molecule has 0 bridgehead atoms. The van der Waals surface area contributed by atoms with Gasteiger partial charge in [-0.1, -0.05) is 49.2 Å². The van der Waals surface area contributed by atoms with Crippen molar-refractivity contribution in [2.45, 2.75) is 63.3 Å². The Kier molecular flexibility index (Phi) is 5.82. The Labute approximate surface area is 216 Å². The molecule has 2 N–H and O–H groups in total. The van der Waals surface area contributed by atoms with E-state index in [-0.39, 0.29) is 6.54 Å². The molecular formula is C29H31N5O3. The van der Waals surface area contributed by atoms with Crippen molar-refractivity contribution in [3.05, 3.63) is 77.0 Å². The van der Waals surface area contributed by atoms with Crippen molar-refractivity contribution in [2.75, 3.05) is 11.9 Å². The molecular weight excluding hydrogens is 466 g/mol. The van der Waals surface area contributed by atoms with Crippen molar-refractivity contribution in [3.63, 3.8) is 0 Å². The minimum atomic E-state index is -1.20. The van der Waals surface area contributed by atoms with Crippen LogP contribution in [0.2, 0.25) is 0 Å². The van der Waals surface area contributed by atoms with E-state index in [0.717, 1.165) is 53.9 Å². The number of carbonyl (C=O) groups is 3. The molecule has 0 radical (unpaired) electrons. The first kappa shape index (κ1) is 23.5. The van der Waals surface area contributed by atoms with Crippen LogP contribution < -0.4 is 10.6 Å². The fourth-order valence-electron chi connectivity index (χ4n) is 5.92. The van der Waals surface area contributed by atoms with Gasteiger partial charge in [0.2, 0.25) is 5.91 Å². The number of amides is 4. The highest BCUT2D eigenvalue weighted by Gasteiger charge is 2.49. The number of urea groups is 1. The summed E-state index contributed by atoms with van der Waals surface area (Å²) in [6, 6.07) is 17.0. The fraction of sp³-hybridized carbons (Fsp3) is 0.379. The van der Waals surface area contributed by atoms with Gasteiger partial charge in [0.25, 0.3) is 5.91 Å². The topological polar surface area (TPSA) is 96.3 Å². The molecule has 1 aromatic heterocycles. The van der Waals surface area contributed by atoms with Gasteiger partial charge in [-0.15, -0.1) is 0 Å². The van der Waals surface area contributed by atoms with Gasteiger partial charge in [0.1, 0.15) is 17.9 Å². The highest BCUT2D eigenvalue weighted by molar-refractivity contribution is 6.10. The van der Waals surface area contributed by atoms with Gasteiger partial charge >= 0.3 is 6.03 Å². The molecule has 190 valence electrons. The highest BCUT2D eigenvalue weighted by Crippen LogP contribution is 2.35. The number of nitrogens with zero attached hydrogens (tertiary/aromatic N) is 3. The predicted octanol–water partition coefficient (Wildman–Crippen LogP) is 4.42. The summed E-state index contributed by atoms with van der Waals surface area (Å²) < 4.78 is 1.73. The van der Waals surface area contributed by atoms with Crippen LogP contribution in [0.3, 0.4) is 0 Å². The summed E-state index contributed by atoms with van der Waals surface area (Å²) in [6.45, 7) is 1.34. The van der Waals surface area contributed by atoms with Gasteiger partial charge in [-0.25, -0.2) is 9.48 Å². The third-order valence-electron chi connectivity index (χ3n) is 8.02. The van der Waals surface area contributed by atoms with Crippen LogP contribution in [-0.4, -0.2) is 39.1 Å². The molecule has 37 heavy (non-hydrogen) atoms. The fourth-order valence-corrected chi connectivity index (χ4v) is 5.92. The van der Waals surface area contributed by atoms with E-state index in [4.69, 9.17) is 5.10 Å². The van der Waals surface area contributed by atoms with Gasteiger partial charge in [-0.2, -0.15) is 5.10 Å². The number of aryl methyl sites for hydroxylation is 2. The predicted molar refractivity (Wildman–Crippen MR) is 139 cm³/mol. The lowest BCUT2D eigenvalue weighted by Crippen LogP contribution is -2.42. The van der Waals surface area contributed by atoms with E-state index in [1.807, 2.05) is 54.6 Å². The second-order valence-corrected chi connectivity index (χ2v) is 10.5.